The van der Waals surface area contributed by atoms with Gasteiger partial charge in [-0.3, -0.25) is 0 Å². The Kier molecular flexibility index (Phi) is 7.01. The molecule has 202 valence electrons. The first-order chi connectivity index (χ1) is 19.4. The summed E-state index contributed by atoms with van der Waals surface area (Å²) < 4.78 is 33.7. The van der Waals surface area contributed by atoms with Gasteiger partial charge >= 0.3 is 0 Å². The van der Waals surface area contributed by atoms with Crippen LogP contribution in [0.15, 0.2) is 96.7 Å². The summed E-state index contributed by atoms with van der Waals surface area (Å²) in [6, 6.07) is 25.2. The first kappa shape index (κ1) is 26.4. The summed E-state index contributed by atoms with van der Waals surface area (Å²) >= 11 is 1.79. The average Bonchev–Trinajstić information content (AvgIpc) is 3.42. The van der Waals surface area contributed by atoms with Gasteiger partial charge in [-0.25, -0.2) is 8.78 Å². The SMILES string of the molecule is CCCC[n+]1c(/C=C/C=C2/N(C)c3ccc4ccccc4c3C2(C)Cc2c(F)cccc2F)sc2ccccc21. The number of fused-ring (bicyclic) bond motifs is 4. The van der Waals surface area contributed by atoms with Crippen molar-refractivity contribution in [3.63, 3.8) is 0 Å². The molecule has 0 amide bonds. The van der Waals surface area contributed by atoms with Crippen molar-refractivity contribution in [1.82, 2.24) is 0 Å². The molecule has 0 radical (unpaired) electrons. The highest BCUT2D eigenvalue weighted by Crippen LogP contribution is 2.52. The quantitative estimate of drug-likeness (QED) is 0.183. The molecule has 5 heteroatoms. The molecule has 0 fully saturated rings. The van der Waals surface area contributed by atoms with Crippen LogP contribution in [0.2, 0.25) is 0 Å². The molecule has 40 heavy (non-hydrogen) atoms. The van der Waals surface area contributed by atoms with Crippen LogP contribution in [-0.4, -0.2) is 7.05 Å². The molecule has 6 rings (SSSR count). The summed E-state index contributed by atoms with van der Waals surface area (Å²) in [4.78, 5) is 2.18. The molecule has 1 atom stereocenters. The van der Waals surface area contributed by atoms with E-state index in [1.807, 2.05) is 12.1 Å². The fraction of sp³-hybridized carbons (Fsp3) is 0.229. The lowest BCUT2D eigenvalue weighted by molar-refractivity contribution is -0.669. The highest BCUT2D eigenvalue weighted by molar-refractivity contribution is 7.18. The molecule has 0 spiro atoms. The fourth-order valence-corrected chi connectivity index (χ4v) is 7.32. The van der Waals surface area contributed by atoms with E-state index in [4.69, 9.17) is 0 Å². The molecule has 0 aliphatic carbocycles. The predicted molar refractivity (Wildman–Crippen MR) is 164 cm³/mol. The summed E-state index contributed by atoms with van der Waals surface area (Å²) in [5, 5.41) is 3.42. The number of thiazole rings is 1. The van der Waals surface area contributed by atoms with E-state index in [9.17, 15) is 0 Å². The topological polar surface area (TPSA) is 7.12 Å². The van der Waals surface area contributed by atoms with E-state index in [2.05, 4.69) is 97.1 Å². The molecule has 0 N–H and O–H groups in total. The molecule has 1 unspecified atom stereocenters. The summed E-state index contributed by atoms with van der Waals surface area (Å²) in [6.45, 7) is 5.30. The number of likely N-dealkylation sites (N-methyl/N-ethyl adjacent to an activating group) is 1. The van der Waals surface area contributed by atoms with Gasteiger partial charge in [0.2, 0.25) is 5.52 Å². The molecule has 1 aliphatic rings. The Labute approximate surface area is 238 Å². The molecule has 1 aliphatic heterocycles. The predicted octanol–water partition coefficient (Wildman–Crippen LogP) is 8.97. The third-order valence-corrected chi connectivity index (χ3v) is 9.33. The van der Waals surface area contributed by atoms with E-state index in [-0.39, 0.29) is 12.0 Å². The maximum absolute atomic E-state index is 15.0. The number of hydrogen-bond donors (Lipinski definition) is 0. The van der Waals surface area contributed by atoms with Crippen LogP contribution in [0.5, 0.6) is 0 Å². The smallest absolute Gasteiger partial charge is 0.262 e. The summed E-state index contributed by atoms with van der Waals surface area (Å²) in [5.41, 5.74) is 3.92. The van der Waals surface area contributed by atoms with Crippen LogP contribution < -0.4 is 9.47 Å². The van der Waals surface area contributed by atoms with E-state index in [1.165, 1.54) is 33.4 Å². The van der Waals surface area contributed by atoms with E-state index >= 15 is 8.78 Å². The minimum Gasteiger partial charge on any atom is -0.347 e. The van der Waals surface area contributed by atoms with Gasteiger partial charge in [0.05, 0.1) is 0 Å². The second-order valence-corrected chi connectivity index (χ2v) is 11.8. The van der Waals surface area contributed by atoms with Crippen molar-refractivity contribution in [2.75, 3.05) is 11.9 Å². The molecule has 1 aromatic heterocycles. The first-order valence-electron chi connectivity index (χ1n) is 13.9. The minimum absolute atomic E-state index is 0.121. The molecule has 5 aromatic rings. The third kappa shape index (κ3) is 4.43. The number of anilines is 1. The van der Waals surface area contributed by atoms with Crippen LogP contribution in [0.3, 0.4) is 0 Å². The van der Waals surface area contributed by atoms with Crippen molar-refractivity contribution in [2.45, 2.75) is 45.1 Å². The maximum Gasteiger partial charge on any atom is 0.262 e. The van der Waals surface area contributed by atoms with E-state index in [0.717, 1.165) is 47.1 Å². The van der Waals surface area contributed by atoms with Crippen LogP contribution in [0.25, 0.3) is 27.1 Å². The maximum atomic E-state index is 15.0. The van der Waals surface area contributed by atoms with Crippen molar-refractivity contribution < 1.29 is 13.3 Å². The van der Waals surface area contributed by atoms with Gasteiger partial charge in [0.15, 0.2) is 6.54 Å². The molecule has 0 saturated carbocycles. The van der Waals surface area contributed by atoms with Gasteiger partial charge in [-0.1, -0.05) is 79.3 Å². The van der Waals surface area contributed by atoms with E-state index < -0.39 is 17.0 Å². The lowest BCUT2D eigenvalue weighted by Gasteiger charge is -2.30. The Morgan fingerprint density at radius 1 is 0.925 bits per heavy atom. The van der Waals surface area contributed by atoms with Crippen LogP contribution in [0.4, 0.5) is 14.5 Å². The number of halogens is 2. The number of nitrogens with zero attached hydrogens (tertiary/aromatic N) is 2. The Morgan fingerprint density at radius 2 is 1.68 bits per heavy atom. The Bertz CT molecular complexity index is 1760. The molecular formula is C35H33F2N2S+. The normalized spacial score (nSPS) is 18.0. The zero-order valence-electron chi connectivity index (χ0n) is 23.1. The fourth-order valence-electron chi connectivity index (χ4n) is 6.22. The molecule has 0 saturated heterocycles. The van der Waals surface area contributed by atoms with E-state index in [1.54, 1.807) is 11.3 Å². The Hall–Kier alpha value is -3.83. The van der Waals surface area contributed by atoms with Crippen molar-refractivity contribution in [1.29, 1.82) is 0 Å². The first-order valence-corrected chi connectivity index (χ1v) is 14.7. The van der Waals surface area contributed by atoms with Gasteiger partial charge < -0.3 is 4.90 Å². The van der Waals surface area contributed by atoms with Crippen LogP contribution in [0, 0.1) is 11.6 Å². The number of unbranched alkanes of at least 4 members (excludes halogenated alkanes) is 1. The molecule has 2 nitrogen and oxygen atoms in total. The largest absolute Gasteiger partial charge is 0.347 e. The Morgan fingerprint density at radius 3 is 2.48 bits per heavy atom. The van der Waals surface area contributed by atoms with Gasteiger partial charge in [0.1, 0.15) is 16.3 Å². The molecular weight excluding hydrogens is 518 g/mol. The van der Waals surface area contributed by atoms with E-state index in [0.29, 0.717) is 0 Å². The van der Waals surface area contributed by atoms with Gasteiger partial charge in [-0.15, -0.1) is 0 Å². The Balaban J connectivity index is 1.49. The highest BCUT2D eigenvalue weighted by atomic mass is 32.1. The highest BCUT2D eigenvalue weighted by Gasteiger charge is 2.44. The number of allylic oxidation sites excluding steroid dienone is 3. The van der Waals surface area contributed by atoms with Crippen molar-refractivity contribution in [2.24, 2.45) is 0 Å². The lowest BCUT2D eigenvalue weighted by atomic mass is 9.74. The number of para-hydroxylation sites is 1. The third-order valence-electron chi connectivity index (χ3n) is 8.20. The summed E-state index contributed by atoms with van der Waals surface area (Å²) in [7, 11) is 2.05. The molecule has 2 heterocycles. The number of aromatic nitrogens is 1. The van der Waals surface area contributed by atoms with Gasteiger partial charge in [0, 0.05) is 48.0 Å². The second-order valence-electron chi connectivity index (χ2n) is 10.8. The monoisotopic (exact) mass is 551 g/mol. The van der Waals surface area contributed by atoms with Crippen LogP contribution in [-0.2, 0) is 18.4 Å². The van der Waals surface area contributed by atoms with Gasteiger partial charge in [0.25, 0.3) is 5.01 Å². The molecule has 4 aromatic carbocycles. The summed E-state index contributed by atoms with van der Waals surface area (Å²) in [6.07, 6.45) is 8.87. The lowest BCUT2D eigenvalue weighted by Crippen LogP contribution is -2.34. The van der Waals surface area contributed by atoms with Gasteiger partial charge in [-0.2, -0.15) is 4.57 Å². The van der Waals surface area contributed by atoms with Crippen LogP contribution >= 0.6 is 11.3 Å². The van der Waals surface area contributed by atoms with Crippen molar-refractivity contribution in [3.8, 4) is 0 Å². The van der Waals surface area contributed by atoms with Crippen LogP contribution in [0.1, 0.15) is 42.8 Å². The number of hydrogen-bond acceptors (Lipinski definition) is 2. The number of aryl methyl sites for hydroxylation is 1. The zero-order valence-corrected chi connectivity index (χ0v) is 23.9. The average molecular weight is 552 g/mol. The van der Waals surface area contributed by atoms with Gasteiger partial charge in [-0.05, 0) is 60.0 Å². The standard InChI is InChI=1S/C35H33F2N2S/c1-4-5-22-39-29-16-8-9-17-31(29)40-33(39)19-11-18-32-35(2,23-26-27(36)14-10-15-28(26)37)34-25-13-7-6-12-24(25)20-21-30(34)38(32)3/h6-21H,4-5,22-23H2,1-3H3/q+1. The minimum atomic E-state index is -0.642. The number of benzene rings is 4. The number of rotatable bonds is 7. The summed E-state index contributed by atoms with van der Waals surface area (Å²) in [5.74, 6) is -1.01. The molecule has 0 bridgehead atoms. The zero-order chi connectivity index (χ0) is 27.9. The van der Waals surface area contributed by atoms with Crippen molar-refractivity contribution >= 4 is 44.1 Å². The second kappa shape index (κ2) is 10.6. The van der Waals surface area contributed by atoms with Crippen molar-refractivity contribution in [3.05, 3.63) is 124 Å².